The van der Waals surface area contributed by atoms with Gasteiger partial charge in [0.25, 0.3) is 0 Å². The summed E-state index contributed by atoms with van der Waals surface area (Å²) in [6, 6.07) is 9.01. The SMILES string of the molecule is COC(=O)Oc1cccc(C2CC2)c1COc1cc(F)c(C)cc1C1CC1. The van der Waals surface area contributed by atoms with E-state index < -0.39 is 6.16 Å². The fourth-order valence-electron chi connectivity index (χ4n) is 3.41. The zero-order chi connectivity index (χ0) is 19.0. The molecular weight excluding hydrogens is 347 g/mol. The van der Waals surface area contributed by atoms with E-state index >= 15 is 0 Å². The second-order valence-electron chi connectivity index (χ2n) is 7.36. The zero-order valence-electron chi connectivity index (χ0n) is 15.6. The van der Waals surface area contributed by atoms with Crippen LogP contribution in [0.1, 0.15) is 59.8 Å². The minimum absolute atomic E-state index is 0.223. The highest BCUT2D eigenvalue weighted by molar-refractivity contribution is 5.65. The second-order valence-corrected chi connectivity index (χ2v) is 7.36. The van der Waals surface area contributed by atoms with Gasteiger partial charge in [-0.3, -0.25) is 0 Å². The minimum Gasteiger partial charge on any atom is -0.488 e. The van der Waals surface area contributed by atoms with Gasteiger partial charge in [0.05, 0.1) is 7.11 Å². The molecule has 27 heavy (non-hydrogen) atoms. The molecule has 0 unspecified atom stereocenters. The highest BCUT2D eigenvalue weighted by Gasteiger charge is 2.30. The molecule has 0 saturated heterocycles. The Morgan fingerprint density at radius 2 is 1.78 bits per heavy atom. The maximum atomic E-state index is 14.1. The van der Waals surface area contributed by atoms with Crippen LogP contribution in [-0.2, 0) is 11.3 Å². The average Bonchev–Trinajstić information content (AvgIpc) is 3.55. The van der Waals surface area contributed by atoms with Crippen molar-refractivity contribution in [2.24, 2.45) is 0 Å². The summed E-state index contributed by atoms with van der Waals surface area (Å²) in [5, 5.41) is 0. The van der Waals surface area contributed by atoms with E-state index in [9.17, 15) is 9.18 Å². The first-order valence-electron chi connectivity index (χ1n) is 9.37. The van der Waals surface area contributed by atoms with Crippen LogP contribution in [0.4, 0.5) is 9.18 Å². The standard InChI is InChI=1S/C22H23FO4/c1-13-10-17(15-8-9-15)21(11-19(13)23)26-12-18-16(14-6-7-14)4-3-5-20(18)27-22(24)25-2/h3-5,10-11,14-15H,6-9,12H2,1-2H3. The summed E-state index contributed by atoms with van der Waals surface area (Å²) >= 11 is 0. The van der Waals surface area contributed by atoms with Gasteiger partial charge in [-0.15, -0.1) is 0 Å². The number of benzene rings is 2. The van der Waals surface area contributed by atoms with Crippen LogP contribution in [0.5, 0.6) is 11.5 Å². The third kappa shape index (κ3) is 3.92. The molecule has 2 fully saturated rings. The number of carbonyl (C=O) groups is 1. The van der Waals surface area contributed by atoms with E-state index in [0.29, 0.717) is 28.9 Å². The summed E-state index contributed by atoms with van der Waals surface area (Å²) in [5.74, 6) is 1.66. The van der Waals surface area contributed by atoms with Crippen LogP contribution < -0.4 is 9.47 Å². The Kier molecular flexibility index (Phi) is 4.77. The Labute approximate surface area is 158 Å². The molecule has 142 valence electrons. The van der Waals surface area contributed by atoms with Crippen LogP contribution in [0.15, 0.2) is 30.3 Å². The number of methoxy groups -OCH3 is 1. The molecule has 4 rings (SSSR count). The third-order valence-electron chi connectivity index (χ3n) is 5.23. The van der Waals surface area contributed by atoms with E-state index in [1.165, 1.54) is 13.2 Å². The van der Waals surface area contributed by atoms with Crippen molar-refractivity contribution >= 4 is 6.16 Å². The van der Waals surface area contributed by atoms with E-state index in [1.807, 2.05) is 18.2 Å². The summed E-state index contributed by atoms with van der Waals surface area (Å²) in [6.45, 7) is 2.00. The summed E-state index contributed by atoms with van der Waals surface area (Å²) in [7, 11) is 1.28. The van der Waals surface area contributed by atoms with Crippen LogP contribution in [0.3, 0.4) is 0 Å². The first-order valence-corrected chi connectivity index (χ1v) is 9.37. The van der Waals surface area contributed by atoms with E-state index in [-0.39, 0.29) is 12.4 Å². The van der Waals surface area contributed by atoms with Crippen molar-refractivity contribution in [3.63, 3.8) is 0 Å². The van der Waals surface area contributed by atoms with Gasteiger partial charge in [0, 0.05) is 11.6 Å². The monoisotopic (exact) mass is 370 g/mol. The van der Waals surface area contributed by atoms with Crippen molar-refractivity contribution in [1.29, 1.82) is 0 Å². The molecule has 0 spiro atoms. The van der Waals surface area contributed by atoms with Crippen LogP contribution in [0.25, 0.3) is 0 Å². The number of halogens is 1. The molecule has 0 atom stereocenters. The zero-order valence-corrected chi connectivity index (χ0v) is 15.6. The highest BCUT2D eigenvalue weighted by Crippen LogP contribution is 2.46. The Morgan fingerprint density at radius 3 is 2.44 bits per heavy atom. The smallest absolute Gasteiger partial charge is 0.488 e. The van der Waals surface area contributed by atoms with Gasteiger partial charge in [-0.1, -0.05) is 12.1 Å². The van der Waals surface area contributed by atoms with Crippen molar-refractivity contribution < 1.29 is 23.4 Å². The molecule has 2 aromatic rings. The van der Waals surface area contributed by atoms with Gasteiger partial charge in [0.2, 0.25) is 0 Å². The highest BCUT2D eigenvalue weighted by atomic mass is 19.1. The molecule has 0 amide bonds. The fourth-order valence-corrected chi connectivity index (χ4v) is 3.41. The van der Waals surface area contributed by atoms with E-state index in [0.717, 1.165) is 42.4 Å². The summed E-state index contributed by atoms with van der Waals surface area (Å²) in [5.41, 5.74) is 3.65. The molecule has 0 aromatic heterocycles. The molecule has 0 N–H and O–H groups in total. The molecule has 0 radical (unpaired) electrons. The number of hydrogen-bond donors (Lipinski definition) is 0. The van der Waals surface area contributed by atoms with Crippen molar-refractivity contribution in [2.45, 2.75) is 51.0 Å². The van der Waals surface area contributed by atoms with Crippen molar-refractivity contribution in [3.05, 3.63) is 58.4 Å². The molecule has 0 heterocycles. The first-order chi connectivity index (χ1) is 13.1. The molecule has 0 aliphatic heterocycles. The van der Waals surface area contributed by atoms with Crippen molar-refractivity contribution in [2.75, 3.05) is 7.11 Å². The Bertz CT molecular complexity index is 869. The largest absolute Gasteiger partial charge is 0.513 e. The summed E-state index contributed by atoms with van der Waals surface area (Å²) in [6.07, 6.45) is 3.68. The van der Waals surface area contributed by atoms with Gasteiger partial charge >= 0.3 is 6.16 Å². The van der Waals surface area contributed by atoms with E-state index in [4.69, 9.17) is 9.47 Å². The number of rotatable bonds is 6. The van der Waals surface area contributed by atoms with Crippen LogP contribution >= 0.6 is 0 Å². The maximum absolute atomic E-state index is 14.1. The third-order valence-corrected chi connectivity index (χ3v) is 5.23. The molecule has 0 bridgehead atoms. The number of carbonyl (C=O) groups excluding carboxylic acids is 1. The number of aryl methyl sites for hydroxylation is 1. The normalized spacial score (nSPS) is 16.1. The Hall–Kier alpha value is -2.56. The molecule has 5 heteroatoms. The lowest BCUT2D eigenvalue weighted by Gasteiger charge is -2.17. The first kappa shape index (κ1) is 17.8. The van der Waals surface area contributed by atoms with E-state index in [1.54, 1.807) is 13.0 Å². The van der Waals surface area contributed by atoms with Gasteiger partial charge in [0.1, 0.15) is 23.9 Å². The van der Waals surface area contributed by atoms with Crippen molar-refractivity contribution in [1.82, 2.24) is 0 Å². The molecule has 4 nitrogen and oxygen atoms in total. The summed E-state index contributed by atoms with van der Waals surface area (Å²) in [4.78, 5) is 11.6. The van der Waals surface area contributed by atoms with Gasteiger partial charge < -0.3 is 14.2 Å². The van der Waals surface area contributed by atoms with Gasteiger partial charge in [0.15, 0.2) is 0 Å². The number of ether oxygens (including phenoxy) is 3. The lowest BCUT2D eigenvalue weighted by atomic mass is 10.0. The molecule has 2 aliphatic carbocycles. The maximum Gasteiger partial charge on any atom is 0.513 e. The Balaban J connectivity index is 1.63. The lowest BCUT2D eigenvalue weighted by Crippen LogP contribution is -2.11. The molecule has 2 saturated carbocycles. The summed E-state index contributed by atoms with van der Waals surface area (Å²) < 4.78 is 30.1. The lowest BCUT2D eigenvalue weighted by molar-refractivity contribution is 0.120. The van der Waals surface area contributed by atoms with Gasteiger partial charge in [-0.2, -0.15) is 0 Å². The fraction of sp³-hybridized carbons (Fsp3) is 0.409. The molecule has 2 aliphatic rings. The predicted molar refractivity (Wildman–Crippen MR) is 98.9 cm³/mol. The minimum atomic E-state index is -0.760. The molecule has 2 aromatic carbocycles. The van der Waals surface area contributed by atoms with Crippen LogP contribution in [0, 0.1) is 12.7 Å². The van der Waals surface area contributed by atoms with Gasteiger partial charge in [-0.25, -0.2) is 9.18 Å². The second kappa shape index (κ2) is 7.22. The quantitative estimate of drug-likeness (QED) is 0.489. The van der Waals surface area contributed by atoms with E-state index in [2.05, 4.69) is 4.74 Å². The van der Waals surface area contributed by atoms with Crippen molar-refractivity contribution in [3.8, 4) is 11.5 Å². The Morgan fingerprint density at radius 1 is 1.07 bits per heavy atom. The average molecular weight is 370 g/mol. The van der Waals surface area contributed by atoms with Gasteiger partial charge in [-0.05, 0) is 73.3 Å². The molecular formula is C22H23FO4. The van der Waals surface area contributed by atoms with Crippen LogP contribution in [-0.4, -0.2) is 13.3 Å². The number of hydrogen-bond acceptors (Lipinski definition) is 4. The van der Waals surface area contributed by atoms with Crippen LogP contribution in [0.2, 0.25) is 0 Å². The predicted octanol–water partition coefficient (Wildman–Crippen LogP) is 5.61. The topological polar surface area (TPSA) is 44.8 Å².